The van der Waals surface area contributed by atoms with E-state index in [2.05, 4.69) is 36.4 Å². The van der Waals surface area contributed by atoms with E-state index in [4.69, 9.17) is 9.15 Å². The fourth-order valence-electron chi connectivity index (χ4n) is 3.60. The number of carbonyl (C=O) groups excluding carboxylic acids is 1. The van der Waals surface area contributed by atoms with E-state index in [1.807, 2.05) is 25.1 Å². The standard InChI is InChI=1S/C22H20O3/c1-2-24-20(23)14-19-21(16-9-4-3-5-10-16)22-17-11-7-6-8-15(17)12-13-18(22)25-19/h3-11H,2,12-14H2,1H3. The van der Waals surface area contributed by atoms with Crippen LogP contribution in [0, 0.1) is 0 Å². The van der Waals surface area contributed by atoms with Gasteiger partial charge in [0, 0.05) is 17.5 Å². The number of furan rings is 1. The molecule has 0 fully saturated rings. The summed E-state index contributed by atoms with van der Waals surface area (Å²) in [5, 5.41) is 0. The monoisotopic (exact) mass is 332 g/mol. The molecule has 0 radical (unpaired) electrons. The lowest BCUT2D eigenvalue weighted by Crippen LogP contribution is -2.07. The number of esters is 1. The quantitative estimate of drug-likeness (QED) is 0.643. The summed E-state index contributed by atoms with van der Waals surface area (Å²) in [5.74, 6) is 1.42. The van der Waals surface area contributed by atoms with Gasteiger partial charge in [0.2, 0.25) is 0 Å². The average molecular weight is 332 g/mol. The van der Waals surface area contributed by atoms with Crippen LogP contribution in [0.3, 0.4) is 0 Å². The maximum absolute atomic E-state index is 12.1. The molecule has 0 bridgehead atoms. The highest BCUT2D eigenvalue weighted by Gasteiger charge is 2.28. The maximum atomic E-state index is 12.1. The lowest BCUT2D eigenvalue weighted by Gasteiger charge is -2.16. The van der Waals surface area contributed by atoms with Gasteiger partial charge in [-0.25, -0.2) is 0 Å². The van der Waals surface area contributed by atoms with Crippen molar-refractivity contribution in [2.45, 2.75) is 26.2 Å². The number of benzene rings is 2. The normalized spacial score (nSPS) is 12.4. The predicted molar refractivity (Wildman–Crippen MR) is 97.3 cm³/mol. The minimum absolute atomic E-state index is 0.160. The van der Waals surface area contributed by atoms with Crippen LogP contribution < -0.4 is 0 Å². The van der Waals surface area contributed by atoms with E-state index in [0.29, 0.717) is 12.4 Å². The molecule has 3 heteroatoms. The maximum Gasteiger partial charge on any atom is 0.313 e. The molecular formula is C22H20O3. The van der Waals surface area contributed by atoms with Crippen LogP contribution >= 0.6 is 0 Å². The minimum atomic E-state index is -0.251. The largest absolute Gasteiger partial charge is 0.466 e. The summed E-state index contributed by atoms with van der Waals surface area (Å²) in [6.45, 7) is 2.20. The summed E-state index contributed by atoms with van der Waals surface area (Å²) in [5.41, 5.74) is 5.77. The van der Waals surface area contributed by atoms with Crippen molar-refractivity contribution in [3.05, 3.63) is 71.7 Å². The first-order valence-corrected chi connectivity index (χ1v) is 8.71. The second kappa shape index (κ2) is 6.60. The molecule has 0 aliphatic heterocycles. The van der Waals surface area contributed by atoms with Gasteiger partial charge in [0.15, 0.2) is 0 Å². The van der Waals surface area contributed by atoms with Crippen LogP contribution in [0.5, 0.6) is 0 Å². The van der Waals surface area contributed by atoms with Crippen LogP contribution in [-0.2, 0) is 28.8 Å². The topological polar surface area (TPSA) is 39.4 Å². The van der Waals surface area contributed by atoms with Crippen LogP contribution in [0.15, 0.2) is 59.0 Å². The van der Waals surface area contributed by atoms with E-state index in [-0.39, 0.29) is 12.4 Å². The Hall–Kier alpha value is -2.81. The second-order valence-corrected chi connectivity index (χ2v) is 6.20. The van der Waals surface area contributed by atoms with Crippen molar-refractivity contribution in [2.24, 2.45) is 0 Å². The van der Waals surface area contributed by atoms with Crippen LogP contribution in [0.25, 0.3) is 22.3 Å². The molecule has 25 heavy (non-hydrogen) atoms. The second-order valence-electron chi connectivity index (χ2n) is 6.20. The zero-order valence-corrected chi connectivity index (χ0v) is 14.2. The van der Waals surface area contributed by atoms with E-state index in [1.165, 1.54) is 11.1 Å². The smallest absolute Gasteiger partial charge is 0.313 e. The molecule has 3 nitrogen and oxygen atoms in total. The summed E-state index contributed by atoms with van der Waals surface area (Å²) in [6.07, 6.45) is 1.98. The number of fused-ring (bicyclic) bond motifs is 3. The number of ether oxygens (including phenoxy) is 1. The van der Waals surface area contributed by atoms with Gasteiger partial charge in [-0.05, 0) is 30.0 Å². The Morgan fingerprint density at radius 2 is 1.76 bits per heavy atom. The summed E-state index contributed by atoms with van der Waals surface area (Å²) < 4.78 is 11.3. The third-order valence-electron chi connectivity index (χ3n) is 4.63. The van der Waals surface area contributed by atoms with Crippen LogP contribution in [0.2, 0.25) is 0 Å². The molecule has 0 atom stereocenters. The highest BCUT2D eigenvalue weighted by atomic mass is 16.5. The van der Waals surface area contributed by atoms with Crippen molar-refractivity contribution in [2.75, 3.05) is 6.61 Å². The molecule has 1 aliphatic rings. The Morgan fingerprint density at radius 3 is 2.56 bits per heavy atom. The first kappa shape index (κ1) is 15.7. The molecule has 0 spiro atoms. The Morgan fingerprint density at radius 1 is 1.00 bits per heavy atom. The van der Waals surface area contributed by atoms with Crippen molar-refractivity contribution in [1.29, 1.82) is 0 Å². The molecule has 3 aromatic rings. The molecule has 0 N–H and O–H groups in total. The fraction of sp³-hybridized carbons (Fsp3) is 0.227. The van der Waals surface area contributed by atoms with Crippen LogP contribution in [0.1, 0.15) is 24.0 Å². The summed E-state index contributed by atoms with van der Waals surface area (Å²) in [6, 6.07) is 18.6. The highest BCUT2D eigenvalue weighted by molar-refractivity contribution is 5.90. The van der Waals surface area contributed by atoms with Crippen LogP contribution in [-0.4, -0.2) is 12.6 Å². The Bertz CT molecular complexity index is 906. The number of carbonyl (C=O) groups is 1. The van der Waals surface area contributed by atoms with Gasteiger partial charge in [-0.2, -0.15) is 0 Å². The average Bonchev–Trinajstić information content (AvgIpc) is 3.01. The zero-order chi connectivity index (χ0) is 17.2. The Kier molecular flexibility index (Phi) is 4.14. The molecule has 1 heterocycles. The van der Waals surface area contributed by atoms with Gasteiger partial charge < -0.3 is 9.15 Å². The molecule has 1 aliphatic carbocycles. The van der Waals surface area contributed by atoms with E-state index >= 15 is 0 Å². The van der Waals surface area contributed by atoms with Gasteiger partial charge in [0.05, 0.1) is 6.61 Å². The minimum Gasteiger partial charge on any atom is -0.466 e. The van der Waals surface area contributed by atoms with Gasteiger partial charge >= 0.3 is 5.97 Å². The molecule has 2 aromatic carbocycles. The van der Waals surface area contributed by atoms with Crippen molar-refractivity contribution < 1.29 is 13.9 Å². The number of hydrogen-bond donors (Lipinski definition) is 0. The number of rotatable bonds is 4. The fourth-order valence-corrected chi connectivity index (χ4v) is 3.60. The third kappa shape index (κ3) is 2.86. The highest BCUT2D eigenvalue weighted by Crippen LogP contribution is 2.44. The number of hydrogen-bond acceptors (Lipinski definition) is 3. The SMILES string of the molecule is CCOC(=O)Cc1oc2c(c1-c1ccccc1)-c1ccccc1CC2. The van der Waals surface area contributed by atoms with E-state index in [9.17, 15) is 4.79 Å². The van der Waals surface area contributed by atoms with Crippen molar-refractivity contribution >= 4 is 5.97 Å². The lowest BCUT2D eigenvalue weighted by atomic mass is 9.85. The van der Waals surface area contributed by atoms with Crippen molar-refractivity contribution in [3.8, 4) is 22.3 Å². The van der Waals surface area contributed by atoms with E-state index in [1.54, 1.807) is 0 Å². The molecule has 0 unspecified atom stereocenters. The van der Waals surface area contributed by atoms with Gasteiger partial charge in [0.25, 0.3) is 0 Å². The predicted octanol–water partition coefficient (Wildman–Crippen LogP) is 4.82. The zero-order valence-electron chi connectivity index (χ0n) is 14.2. The Labute approximate surface area is 147 Å². The van der Waals surface area contributed by atoms with Gasteiger partial charge in [-0.1, -0.05) is 54.6 Å². The van der Waals surface area contributed by atoms with Gasteiger partial charge in [-0.3, -0.25) is 4.79 Å². The summed E-state index contributed by atoms with van der Waals surface area (Å²) in [4.78, 5) is 12.1. The summed E-state index contributed by atoms with van der Waals surface area (Å²) >= 11 is 0. The van der Waals surface area contributed by atoms with Crippen LogP contribution in [0.4, 0.5) is 0 Å². The third-order valence-corrected chi connectivity index (χ3v) is 4.63. The van der Waals surface area contributed by atoms with Crippen molar-refractivity contribution in [3.63, 3.8) is 0 Å². The summed E-state index contributed by atoms with van der Waals surface area (Å²) in [7, 11) is 0. The van der Waals surface area contributed by atoms with Crippen molar-refractivity contribution in [1.82, 2.24) is 0 Å². The molecule has 1 aromatic heterocycles. The lowest BCUT2D eigenvalue weighted by molar-refractivity contribution is -0.142. The molecule has 126 valence electrons. The Balaban J connectivity index is 1.90. The van der Waals surface area contributed by atoms with Gasteiger partial charge in [0.1, 0.15) is 17.9 Å². The van der Waals surface area contributed by atoms with E-state index in [0.717, 1.165) is 35.3 Å². The van der Waals surface area contributed by atoms with E-state index < -0.39 is 0 Å². The number of aryl methyl sites for hydroxylation is 2. The first-order valence-electron chi connectivity index (χ1n) is 8.71. The molecular weight excluding hydrogens is 312 g/mol. The first-order chi connectivity index (χ1) is 12.3. The molecule has 0 saturated carbocycles. The molecule has 0 saturated heterocycles. The van der Waals surface area contributed by atoms with Gasteiger partial charge in [-0.15, -0.1) is 0 Å². The molecule has 0 amide bonds. The molecule has 4 rings (SSSR count).